The van der Waals surface area contributed by atoms with Crippen LogP contribution in [0, 0.1) is 24.1 Å². The van der Waals surface area contributed by atoms with Crippen LogP contribution in [0.2, 0.25) is 0 Å². The lowest BCUT2D eigenvalue weighted by Gasteiger charge is -2.11. The van der Waals surface area contributed by atoms with Crippen molar-refractivity contribution in [2.75, 3.05) is 0 Å². The van der Waals surface area contributed by atoms with E-state index in [4.69, 9.17) is 5.26 Å². The Kier molecular flexibility index (Phi) is 4.69. The smallest absolute Gasteiger partial charge is 0.268 e. The molecule has 0 aliphatic carbocycles. The molecule has 0 saturated heterocycles. The van der Waals surface area contributed by atoms with Crippen LogP contribution in [0.15, 0.2) is 51.8 Å². The Morgan fingerprint density at radius 2 is 1.88 bits per heavy atom. The van der Waals surface area contributed by atoms with E-state index in [1.807, 2.05) is 6.92 Å². The normalized spacial score (nSPS) is 11.5. The zero-order valence-electron chi connectivity index (χ0n) is 13.5. The maximum atomic E-state index is 13.9. The molecule has 1 aromatic heterocycles. The summed E-state index contributed by atoms with van der Waals surface area (Å²) in [5, 5.41) is 9.06. The molecule has 0 N–H and O–H groups in total. The number of benzene rings is 2. The standard InChI is InChI=1S/C18H12BrFN2O3S/c1-11-2-4-13(5-3-11)26(24,25)22-16-10-14(19)15(20)8-12(16)9-17(22)18(23)6-7-21/h2-5,8-10H,6H2,1H3. The number of ketones is 1. The van der Waals surface area contributed by atoms with Crippen molar-refractivity contribution in [3.8, 4) is 6.07 Å². The van der Waals surface area contributed by atoms with Gasteiger partial charge in [-0.2, -0.15) is 5.26 Å². The maximum absolute atomic E-state index is 13.9. The molecule has 0 radical (unpaired) electrons. The first-order valence-electron chi connectivity index (χ1n) is 7.48. The van der Waals surface area contributed by atoms with Gasteiger partial charge in [0.15, 0.2) is 5.78 Å². The van der Waals surface area contributed by atoms with Crippen molar-refractivity contribution in [2.24, 2.45) is 0 Å². The van der Waals surface area contributed by atoms with E-state index in [0.29, 0.717) is 0 Å². The van der Waals surface area contributed by atoms with Gasteiger partial charge in [-0.1, -0.05) is 17.7 Å². The van der Waals surface area contributed by atoms with Gasteiger partial charge >= 0.3 is 0 Å². The fraction of sp³-hybridized carbons (Fsp3) is 0.111. The van der Waals surface area contributed by atoms with E-state index < -0.39 is 28.0 Å². The first kappa shape index (κ1) is 18.3. The predicted octanol–water partition coefficient (Wildman–Crippen LogP) is 4.18. The molecule has 0 bridgehead atoms. The van der Waals surface area contributed by atoms with E-state index in [1.165, 1.54) is 24.3 Å². The monoisotopic (exact) mass is 434 g/mol. The van der Waals surface area contributed by atoms with Crippen molar-refractivity contribution in [3.05, 3.63) is 64.0 Å². The lowest BCUT2D eigenvalue weighted by Crippen LogP contribution is -2.18. The number of aryl methyl sites for hydroxylation is 1. The van der Waals surface area contributed by atoms with E-state index in [-0.39, 0.29) is 26.0 Å². The van der Waals surface area contributed by atoms with Crippen LogP contribution in [0.1, 0.15) is 22.5 Å². The molecule has 0 atom stereocenters. The Labute approximate surface area is 157 Å². The first-order valence-corrected chi connectivity index (χ1v) is 9.72. The highest BCUT2D eigenvalue weighted by Gasteiger charge is 2.27. The number of hydrogen-bond donors (Lipinski definition) is 0. The number of Topliss-reactive ketones (excluding diaryl/α,β-unsaturated/α-hetero) is 1. The van der Waals surface area contributed by atoms with Crippen LogP contribution in [0.25, 0.3) is 10.9 Å². The quantitative estimate of drug-likeness (QED) is 0.576. The highest BCUT2D eigenvalue weighted by Crippen LogP contribution is 2.30. The third-order valence-corrected chi connectivity index (χ3v) is 6.23. The molecule has 3 rings (SSSR count). The largest absolute Gasteiger partial charge is 0.291 e. The van der Waals surface area contributed by atoms with Gasteiger partial charge in [0.2, 0.25) is 0 Å². The Balaban J connectivity index is 2.37. The van der Waals surface area contributed by atoms with Gasteiger partial charge in [-0.15, -0.1) is 0 Å². The number of aromatic nitrogens is 1. The molecule has 132 valence electrons. The summed E-state index contributed by atoms with van der Waals surface area (Å²) in [6.45, 7) is 1.82. The van der Waals surface area contributed by atoms with Crippen LogP contribution in [0.4, 0.5) is 4.39 Å². The minimum Gasteiger partial charge on any atom is -0.291 e. The molecule has 0 saturated carbocycles. The van der Waals surface area contributed by atoms with Crippen molar-refractivity contribution in [3.63, 3.8) is 0 Å². The first-order chi connectivity index (χ1) is 12.3. The van der Waals surface area contributed by atoms with Crippen LogP contribution in [0.5, 0.6) is 0 Å². The molecule has 0 amide bonds. The fourth-order valence-corrected chi connectivity index (χ4v) is 4.46. The Bertz CT molecular complexity index is 1180. The summed E-state index contributed by atoms with van der Waals surface area (Å²) in [6, 6.07) is 11.6. The SMILES string of the molecule is Cc1ccc(S(=O)(=O)n2c(C(=O)CC#N)cc3cc(F)c(Br)cc32)cc1. The fourth-order valence-electron chi connectivity index (χ4n) is 2.61. The highest BCUT2D eigenvalue weighted by atomic mass is 79.9. The molecule has 26 heavy (non-hydrogen) atoms. The number of carbonyl (C=O) groups is 1. The second kappa shape index (κ2) is 6.67. The number of nitrogens with zero attached hydrogens (tertiary/aromatic N) is 2. The molecule has 0 fully saturated rings. The zero-order chi connectivity index (χ0) is 19.1. The molecule has 0 aliphatic heterocycles. The van der Waals surface area contributed by atoms with Crippen molar-refractivity contribution >= 4 is 42.6 Å². The summed E-state index contributed by atoms with van der Waals surface area (Å²) < 4.78 is 41.1. The van der Waals surface area contributed by atoms with Crippen molar-refractivity contribution in [2.45, 2.75) is 18.2 Å². The molecule has 5 nitrogen and oxygen atoms in total. The summed E-state index contributed by atoms with van der Waals surface area (Å²) in [4.78, 5) is 12.3. The molecule has 2 aromatic carbocycles. The topological polar surface area (TPSA) is 79.9 Å². The number of hydrogen-bond acceptors (Lipinski definition) is 4. The molecule has 3 aromatic rings. The van der Waals surface area contributed by atoms with Crippen molar-refractivity contribution < 1.29 is 17.6 Å². The number of fused-ring (bicyclic) bond motifs is 1. The van der Waals surface area contributed by atoms with Crippen molar-refractivity contribution in [1.82, 2.24) is 3.97 Å². The summed E-state index contributed by atoms with van der Waals surface area (Å²) in [5.74, 6) is -1.24. The molecular weight excluding hydrogens is 423 g/mol. The summed E-state index contributed by atoms with van der Waals surface area (Å²) in [5.41, 5.74) is 0.853. The van der Waals surface area contributed by atoms with Gasteiger partial charge in [0, 0.05) is 5.39 Å². The lowest BCUT2D eigenvalue weighted by molar-refractivity contribution is 0.0992. The van der Waals surface area contributed by atoms with Crippen LogP contribution in [0.3, 0.4) is 0 Å². The predicted molar refractivity (Wildman–Crippen MR) is 97.9 cm³/mol. The van der Waals surface area contributed by atoms with Gasteiger partial charge in [-0.05, 0) is 53.2 Å². The third kappa shape index (κ3) is 3.04. The maximum Gasteiger partial charge on any atom is 0.268 e. The summed E-state index contributed by atoms with van der Waals surface area (Å²) >= 11 is 3.04. The number of nitriles is 1. The van der Waals surface area contributed by atoms with Gasteiger partial charge in [-0.3, -0.25) is 4.79 Å². The van der Waals surface area contributed by atoms with E-state index in [2.05, 4.69) is 15.9 Å². The van der Waals surface area contributed by atoms with E-state index in [0.717, 1.165) is 15.6 Å². The second-order valence-corrected chi connectivity index (χ2v) is 8.34. The van der Waals surface area contributed by atoms with E-state index in [9.17, 15) is 17.6 Å². The Morgan fingerprint density at radius 3 is 2.50 bits per heavy atom. The van der Waals surface area contributed by atoms with Gasteiger partial charge in [0.1, 0.15) is 17.9 Å². The van der Waals surface area contributed by atoms with E-state index >= 15 is 0 Å². The number of carbonyl (C=O) groups excluding carboxylic acids is 1. The Morgan fingerprint density at radius 1 is 1.23 bits per heavy atom. The van der Waals surface area contributed by atoms with E-state index in [1.54, 1.807) is 18.2 Å². The highest BCUT2D eigenvalue weighted by molar-refractivity contribution is 9.10. The molecule has 1 heterocycles. The molecule has 0 aliphatic rings. The second-order valence-electron chi connectivity index (χ2n) is 5.70. The average molecular weight is 435 g/mol. The van der Waals surface area contributed by atoms with Crippen molar-refractivity contribution in [1.29, 1.82) is 5.26 Å². The van der Waals surface area contributed by atoms with Gasteiger partial charge in [0.25, 0.3) is 10.0 Å². The Hall–Kier alpha value is -2.50. The third-order valence-electron chi connectivity index (χ3n) is 3.88. The zero-order valence-corrected chi connectivity index (χ0v) is 15.9. The number of halogens is 2. The van der Waals surface area contributed by atoms with Crippen LogP contribution >= 0.6 is 15.9 Å². The number of rotatable bonds is 4. The average Bonchev–Trinajstić information content (AvgIpc) is 2.95. The molecule has 0 unspecified atom stereocenters. The summed E-state index contributed by atoms with van der Waals surface area (Å²) in [7, 11) is -4.12. The van der Waals surface area contributed by atoms with Crippen LogP contribution in [-0.2, 0) is 10.0 Å². The lowest BCUT2D eigenvalue weighted by atomic mass is 10.2. The minimum atomic E-state index is -4.12. The van der Waals surface area contributed by atoms with Gasteiger partial charge < -0.3 is 0 Å². The molecule has 0 spiro atoms. The molecular formula is C18H12BrFN2O3S. The minimum absolute atomic E-state index is 0.00736. The summed E-state index contributed by atoms with van der Waals surface area (Å²) in [6.07, 6.45) is -0.483. The van der Waals surface area contributed by atoms with Crippen LogP contribution in [-0.4, -0.2) is 18.2 Å². The molecule has 8 heteroatoms. The van der Waals surface area contributed by atoms with Gasteiger partial charge in [-0.25, -0.2) is 16.8 Å². The van der Waals surface area contributed by atoms with Crippen LogP contribution < -0.4 is 0 Å². The van der Waals surface area contributed by atoms with Gasteiger partial charge in [0.05, 0.1) is 21.0 Å².